The third-order valence-electron chi connectivity index (χ3n) is 3.11. The van der Waals surface area contributed by atoms with Gasteiger partial charge < -0.3 is 11.5 Å². The first-order valence-electron chi connectivity index (χ1n) is 5.86. The van der Waals surface area contributed by atoms with Crippen LogP contribution in [0.4, 0.5) is 11.4 Å². The number of nitriles is 3. The van der Waals surface area contributed by atoms with Crippen LogP contribution in [0.15, 0.2) is 6.33 Å². The summed E-state index contributed by atoms with van der Waals surface area (Å²) in [5.74, 6) is 0. The minimum absolute atomic E-state index is 0.0535. The second-order valence-corrected chi connectivity index (χ2v) is 4.23. The van der Waals surface area contributed by atoms with Crippen LogP contribution in [-0.2, 0) is 0 Å². The molecular formula is C13H5N9. The first-order valence-corrected chi connectivity index (χ1v) is 5.86. The summed E-state index contributed by atoms with van der Waals surface area (Å²) < 4.78 is 0. The minimum atomic E-state index is -0.159. The van der Waals surface area contributed by atoms with Gasteiger partial charge in [-0.15, -0.1) is 0 Å². The zero-order valence-corrected chi connectivity index (χ0v) is 10.9. The van der Waals surface area contributed by atoms with Crippen LogP contribution < -0.4 is 11.5 Å². The Morgan fingerprint density at radius 2 is 1.14 bits per heavy atom. The molecule has 1 aromatic carbocycles. The second kappa shape index (κ2) is 4.51. The Kier molecular flexibility index (Phi) is 2.66. The standard InChI is InChI=1S/C13H5N9/c14-1-5-8(17)6(2-15)10-11(7(3-16)9(5)18)22-13-12(21-10)19-4-20-13/h4H,17-18H2. The summed E-state index contributed by atoms with van der Waals surface area (Å²) in [6.07, 6.45) is 1.26. The Morgan fingerprint density at radius 3 is 1.50 bits per heavy atom. The highest BCUT2D eigenvalue weighted by Crippen LogP contribution is 2.31. The van der Waals surface area contributed by atoms with E-state index in [9.17, 15) is 15.8 Å². The highest BCUT2D eigenvalue weighted by Gasteiger charge is 2.20. The van der Waals surface area contributed by atoms with Crippen molar-refractivity contribution < 1.29 is 0 Å². The van der Waals surface area contributed by atoms with Crippen LogP contribution in [0.1, 0.15) is 16.7 Å². The van der Waals surface area contributed by atoms with Crippen molar-refractivity contribution >= 4 is 33.7 Å². The van der Waals surface area contributed by atoms with E-state index < -0.39 is 0 Å². The number of aromatic nitrogens is 4. The molecule has 0 saturated heterocycles. The topological polar surface area (TPSA) is 175 Å². The fourth-order valence-electron chi connectivity index (χ4n) is 2.07. The molecule has 3 aromatic rings. The van der Waals surface area contributed by atoms with Gasteiger partial charge in [-0.05, 0) is 0 Å². The minimum Gasteiger partial charge on any atom is -0.396 e. The van der Waals surface area contributed by atoms with Gasteiger partial charge in [-0.25, -0.2) is 19.9 Å². The average molecular weight is 287 g/mol. The summed E-state index contributed by atoms with van der Waals surface area (Å²) >= 11 is 0. The number of nitrogen functional groups attached to an aromatic ring is 2. The number of hydrogen-bond acceptors (Lipinski definition) is 9. The molecule has 0 atom stereocenters. The van der Waals surface area contributed by atoms with Crippen molar-refractivity contribution in [1.29, 1.82) is 15.8 Å². The predicted molar refractivity (Wildman–Crippen MR) is 75.6 cm³/mol. The van der Waals surface area contributed by atoms with E-state index >= 15 is 0 Å². The van der Waals surface area contributed by atoms with Crippen molar-refractivity contribution in [3.8, 4) is 18.2 Å². The van der Waals surface area contributed by atoms with Crippen molar-refractivity contribution in [2.24, 2.45) is 0 Å². The van der Waals surface area contributed by atoms with E-state index in [4.69, 9.17) is 11.5 Å². The Hall–Kier alpha value is -4.03. The maximum atomic E-state index is 9.36. The Morgan fingerprint density at radius 1 is 0.727 bits per heavy atom. The molecule has 3 rings (SSSR count). The first kappa shape index (κ1) is 13.0. The zero-order valence-electron chi connectivity index (χ0n) is 10.9. The van der Waals surface area contributed by atoms with Crippen LogP contribution in [0.3, 0.4) is 0 Å². The third kappa shape index (κ3) is 1.56. The molecule has 9 heteroatoms. The largest absolute Gasteiger partial charge is 0.396 e. The van der Waals surface area contributed by atoms with E-state index in [1.165, 1.54) is 6.33 Å². The molecule has 102 valence electrons. The monoisotopic (exact) mass is 287 g/mol. The molecule has 0 aliphatic carbocycles. The lowest BCUT2D eigenvalue weighted by Gasteiger charge is -1.96. The van der Waals surface area contributed by atoms with Crippen molar-refractivity contribution in [3.63, 3.8) is 0 Å². The van der Waals surface area contributed by atoms with Crippen LogP contribution in [0.2, 0.25) is 0 Å². The van der Waals surface area contributed by atoms with E-state index in [2.05, 4.69) is 19.9 Å². The van der Waals surface area contributed by atoms with Gasteiger partial charge in [0.05, 0.1) is 11.4 Å². The van der Waals surface area contributed by atoms with Gasteiger partial charge in [-0.2, -0.15) is 15.8 Å². The van der Waals surface area contributed by atoms with Gasteiger partial charge in [0.15, 0.2) is 11.3 Å². The normalized spacial score (nSPS) is 10.0. The highest BCUT2D eigenvalue weighted by atomic mass is 15.0. The number of rotatable bonds is 0. The Bertz CT molecular complexity index is 1000. The van der Waals surface area contributed by atoms with Crippen molar-refractivity contribution in [1.82, 2.24) is 19.9 Å². The van der Waals surface area contributed by atoms with E-state index in [0.717, 1.165) is 0 Å². The molecule has 2 aromatic heterocycles. The summed E-state index contributed by atoms with van der Waals surface area (Å²) in [4.78, 5) is 16.2. The van der Waals surface area contributed by atoms with Crippen LogP contribution >= 0.6 is 0 Å². The van der Waals surface area contributed by atoms with E-state index in [1.54, 1.807) is 6.07 Å². The van der Waals surface area contributed by atoms with E-state index in [1.807, 2.05) is 12.1 Å². The lowest BCUT2D eigenvalue weighted by atomic mass is 10.1. The fourth-order valence-corrected chi connectivity index (χ4v) is 2.07. The van der Waals surface area contributed by atoms with Gasteiger partial charge in [0.25, 0.3) is 0 Å². The second-order valence-electron chi connectivity index (χ2n) is 4.23. The lowest BCUT2D eigenvalue weighted by molar-refractivity contribution is 1.32. The zero-order chi connectivity index (χ0) is 15.9. The molecule has 0 unspecified atom stereocenters. The number of nitrogens with zero attached hydrogens (tertiary/aromatic N) is 7. The lowest BCUT2D eigenvalue weighted by Crippen LogP contribution is -1.97. The number of imidazole rings is 1. The Balaban J connectivity index is 2.76. The third-order valence-corrected chi connectivity index (χ3v) is 3.11. The number of nitrogens with two attached hydrogens (primary N) is 2. The number of hydrogen-bond donors (Lipinski definition) is 2. The fraction of sp³-hybridized carbons (Fsp3) is 0. The van der Waals surface area contributed by atoms with E-state index in [-0.39, 0.29) is 50.4 Å². The molecule has 0 saturated carbocycles. The molecule has 9 nitrogen and oxygen atoms in total. The summed E-state index contributed by atoms with van der Waals surface area (Å²) in [6.45, 7) is 0. The molecular weight excluding hydrogens is 282 g/mol. The van der Waals surface area contributed by atoms with Gasteiger partial charge in [-0.3, -0.25) is 0 Å². The molecule has 0 radical (unpaired) electrons. The predicted octanol–water partition coefficient (Wildman–Crippen LogP) is 0.352. The van der Waals surface area contributed by atoms with Crippen LogP contribution in [-0.4, -0.2) is 19.9 Å². The molecule has 0 bridgehead atoms. The summed E-state index contributed by atoms with van der Waals surface area (Å²) in [6, 6.07) is 5.56. The van der Waals surface area contributed by atoms with Gasteiger partial charge >= 0.3 is 0 Å². The number of anilines is 2. The smallest absolute Gasteiger partial charge is 0.199 e. The molecule has 0 aliphatic rings. The molecule has 0 amide bonds. The summed E-state index contributed by atoms with van der Waals surface area (Å²) in [5, 5.41) is 27.9. The first-order chi connectivity index (χ1) is 10.6. The summed E-state index contributed by atoms with van der Waals surface area (Å²) in [7, 11) is 0. The van der Waals surface area contributed by atoms with Crippen LogP contribution in [0.5, 0.6) is 0 Å². The highest BCUT2D eigenvalue weighted by molar-refractivity contribution is 5.98. The number of fused-ring (bicyclic) bond motifs is 2. The SMILES string of the molecule is N#Cc1c(N)c(C#N)c2nc3ncnc3nc2c(C#N)c1N. The van der Waals surface area contributed by atoms with Gasteiger partial charge in [0.2, 0.25) is 0 Å². The quantitative estimate of drug-likeness (QED) is 0.590. The van der Waals surface area contributed by atoms with Gasteiger partial charge in [-0.1, -0.05) is 0 Å². The Labute approximate surface area is 123 Å². The molecule has 22 heavy (non-hydrogen) atoms. The van der Waals surface area contributed by atoms with Gasteiger partial charge in [0, 0.05) is 0 Å². The molecule has 2 heterocycles. The molecule has 0 aliphatic heterocycles. The van der Waals surface area contributed by atoms with Crippen LogP contribution in [0, 0.1) is 34.0 Å². The molecule has 0 fully saturated rings. The van der Waals surface area contributed by atoms with Crippen molar-refractivity contribution in [3.05, 3.63) is 23.0 Å². The van der Waals surface area contributed by atoms with Crippen LogP contribution in [0.25, 0.3) is 22.3 Å². The molecule has 0 spiro atoms. The molecule has 4 N–H and O–H groups in total. The van der Waals surface area contributed by atoms with Crippen molar-refractivity contribution in [2.45, 2.75) is 0 Å². The maximum absolute atomic E-state index is 9.36. The maximum Gasteiger partial charge on any atom is 0.199 e. The van der Waals surface area contributed by atoms with E-state index in [0.29, 0.717) is 0 Å². The summed E-state index contributed by atoms with van der Waals surface area (Å²) in [5.41, 5.74) is 11.6. The average Bonchev–Trinajstić information content (AvgIpc) is 2.93. The van der Waals surface area contributed by atoms with Crippen molar-refractivity contribution in [2.75, 3.05) is 11.5 Å². The van der Waals surface area contributed by atoms with Gasteiger partial charge in [0.1, 0.15) is 52.3 Å².